The predicted octanol–water partition coefficient (Wildman–Crippen LogP) is 4.75. The van der Waals surface area contributed by atoms with Gasteiger partial charge >= 0.3 is 12.1 Å². The zero-order valence-corrected chi connectivity index (χ0v) is 16.9. The lowest BCUT2D eigenvalue weighted by atomic mass is 10.2. The Morgan fingerprint density at radius 3 is 2.28 bits per heavy atom. The van der Waals surface area contributed by atoms with Crippen molar-refractivity contribution < 1.29 is 41.4 Å². The van der Waals surface area contributed by atoms with E-state index in [1.165, 1.54) is 43.3 Å². The van der Waals surface area contributed by atoms with Crippen LogP contribution in [0.5, 0.6) is 17.2 Å². The molecule has 3 aromatic rings. The first kappa shape index (κ1) is 22.9. The van der Waals surface area contributed by atoms with Crippen LogP contribution < -0.4 is 14.9 Å². The van der Waals surface area contributed by atoms with Gasteiger partial charge in [0.1, 0.15) is 23.7 Å². The second-order valence-corrected chi connectivity index (χ2v) is 6.58. The molecule has 3 rings (SSSR count). The molecule has 0 amide bonds. The quantitative estimate of drug-likeness (QED) is 0.480. The number of ether oxygens (including phenoxy) is 3. The van der Waals surface area contributed by atoms with Gasteiger partial charge in [-0.2, -0.15) is 13.2 Å². The number of Topliss-reactive ketones (excluding diaryl/α,β-unsaturated/α-hetero) is 1. The van der Waals surface area contributed by atoms with Gasteiger partial charge in [-0.05, 0) is 50.2 Å². The van der Waals surface area contributed by atoms with E-state index in [0.717, 1.165) is 6.07 Å². The summed E-state index contributed by atoms with van der Waals surface area (Å²) in [5.74, 6) is -3.63. The number of hydrogen-bond donors (Lipinski definition) is 0. The number of hydrogen-bond acceptors (Lipinski definition) is 7. The van der Waals surface area contributed by atoms with Crippen LogP contribution in [-0.4, -0.2) is 25.0 Å². The maximum Gasteiger partial charge on any atom is 0.453 e. The van der Waals surface area contributed by atoms with E-state index in [-0.39, 0.29) is 47.0 Å². The average Bonchev–Trinajstić information content (AvgIpc) is 2.73. The third-order valence-corrected chi connectivity index (χ3v) is 4.11. The summed E-state index contributed by atoms with van der Waals surface area (Å²) in [5, 5.41) is -0.175. The molecule has 1 heterocycles. The summed E-state index contributed by atoms with van der Waals surface area (Å²) in [5.41, 5.74) is -1.27. The Labute approximate surface area is 179 Å². The fraction of sp³-hybridized carbons (Fsp3) is 0.227. The van der Waals surface area contributed by atoms with E-state index in [0.29, 0.717) is 0 Å². The second-order valence-electron chi connectivity index (χ2n) is 6.58. The van der Waals surface area contributed by atoms with E-state index < -0.39 is 29.1 Å². The molecule has 0 radical (unpaired) electrons. The first-order valence-electron chi connectivity index (χ1n) is 9.35. The minimum atomic E-state index is -5.04. The van der Waals surface area contributed by atoms with E-state index in [1.54, 1.807) is 6.92 Å². The van der Waals surface area contributed by atoms with Gasteiger partial charge in [0, 0.05) is 6.07 Å². The van der Waals surface area contributed by atoms with Crippen LogP contribution >= 0.6 is 0 Å². The molecule has 0 spiro atoms. The van der Waals surface area contributed by atoms with Crippen molar-refractivity contribution in [3.05, 3.63) is 64.0 Å². The lowest BCUT2D eigenvalue weighted by molar-refractivity contribution is -0.154. The molecule has 0 bridgehead atoms. The lowest BCUT2D eigenvalue weighted by Crippen LogP contribution is -2.15. The minimum Gasteiger partial charge on any atom is -0.486 e. The summed E-state index contributed by atoms with van der Waals surface area (Å²) in [7, 11) is 0. The molecule has 0 aliphatic heterocycles. The largest absolute Gasteiger partial charge is 0.486 e. The van der Waals surface area contributed by atoms with Crippen molar-refractivity contribution in [1.29, 1.82) is 0 Å². The molecule has 1 aromatic heterocycles. The molecule has 0 saturated heterocycles. The van der Waals surface area contributed by atoms with Crippen molar-refractivity contribution in [2.45, 2.75) is 20.0 Å². The van der Waals surface area contributed by atoms with Crippen molar-refractivity contribution in [3.63, 3.8) is 0 Å². The molecule has 10 heteroatoms. The minimum absolute atomic E-state index is 0.0622. The first-order valence-corrected chi connectivity index (χ1v) is 9.35. The molecule has 0 N–H and O–H groups in total. The van der Waals surface area contributed by atoms with E-state index in [9.17, 15) is 27.6 Å². The topological polar surface area (TPSA) is 92.0 Å². The van der Waals surface area contributed by atoms with Gasteiger partial charge < -0.3 is 18.6 Å². The van der Waals surface area contributed by atoms with Crippen molar-refractivity contribution in [2.75, 3.05) is 13.2 Å². The van der Waals surface area contributed by atoms with E-state index in [1.807, 2.05) is 0 Å². The summed E-state index contributed by atoms with van der Waals surface area (Å²) in [4.78, 5) is 35.5. The van der Waals surface area contributed by atoms with Crippen LogP contribution in [0.1, 0.15) is 30.0 Å². The Morgan fingerprint density at radius 2 is 1.69 bits per heavy atom. The molecule has 0 fully saturated rings. The molecule has 0 saturated carbocycles. The van der Waals surface area contributed by atoms with Gasteiger partial charge in [0.2, 0.25) is 11.2 Å². The third kappa shape index (κ3) is 5.08. The van der Waals surface area contributed by atoms with Crippen LogP contribution in [0.15, 0.2) is 51.7 Å². The lowest BCUT2D eigenvalue weighted by Gasteiger charge is -2.14. The van der Waals surface area contributed by atoms with Crippen LogP contribution in [0.3, 0.4) is 0 Å². The molecule has 168 valence electrons. The standard InChI is InChI=1S/C22H17F3O7/c1-3-29-21(28)13-4-6-14(7-5-13)31-19-18(27)16-9-8-15(30-11-12(2)26)10-17(16)32-20(19)22(23,24)25/h4-10H,3,11H2,1-2H3. The molecule has 0 atom stereocenters. The number of ketones is 1. The Balaban J connectivity index is 2.02. The highest BCUT2D eigenvalue weighted by Gasteiger charge is 2.40. The Bertz CT molecular complexity index is 1210. The van der Waals surface area contributed by atoms with Crippen LogP contribution in [-0.2, 0) is 15.7 Å². The summed E-state index contributed by atoms with van der Waals surface area (Å²) in [6.07, 6.45) is -5.04. The Morgan fingerprint density at radius 1 is 1.03 bits per heavy atom. The highest BCUT2D eigenvalue weighted by molar-refractivity contribution is 5.89. The molecular formula is C22H17F3O7. The zero-order valence-electron chi connectivity index (χ0n) is 16.9. The third-order valence-electron chi connectivity index (χ3n) is 4.11. The molecule has 2 aromatic carbocycles. The second kappa shape index (κ2) is 9.13. The number of benzene rings is 2. The summed E-state index contributed by atoms with van der Waals surface area (Å²) >= 11 is 0. The Hall–Kier alpha value is -3.82. The highest BCUT2D eigenvalue weighted by atomic mass is 19.4. The number of carbonyl (C=O) groups excluding carboxylic acids is 2. The average molecular weight is 450 g/mol. The molecule has 32 heavy (non-hydrogen) atoms. The molecule has 0 aliphatic rings. The smallest absolute Gasteiger partial charge is 0.453 e. The number of carbonyl (C=O) groups is 2. The predicted molar refractivity (Wildman–Crippen MR) is 106 cm³/mol. The van der Waals surface area contributed by atoms with Gasteiger partial charge in [-0.15, -0.1) is 0 Å². The van der Waals surface area contributed by atoms with Crippen LogP contribution in [0.25, 0.3) is 11.0 Å². The molecule has 0 unspecified atom stereocenters. The summed E-state index contributed by atoms with van der Waals surface area (Å²) in [6, 6.07) is 8.68. The van der Waals surface area contributed by atoms with Gasteiger partial charge in [0.25, 0.3) is 5.76 Å². The maximum absolute atomic E-state index is 13.6. The molecular weight excluding hydrogens is 433 g/mol. The fourth-order valence-electron chi connectivity index (χ4n) is 2.70. The Kier molecular flexibility index (Phi) is 6.52. The van der Waals surface area contributed by atoms with Crippen LogP contribution in [0.4, 0.5) is 13.2 Å². The number of rotatable bonds is 7. The molecule has 0 aliphatic carbocycles. The van der Waals surface area contributed by atoms with Crippen molar-refractivity contribution in [2.24, 2.45) is 0 Å². The van der Waals surface area contributed by atoms with Gasteiger partial charge in [-0.1, -0.05) is 0 Å². The van der Waals surface area contributed by atoms with Crippen molar-refractivity contribution in [1.82, 2.24) is 0 Å². The zero-order chi connectivity index (χ0) is 23.5. The van der Waals surface area contributed by atoms with Gasteiger partial charge in [0.05, 0.1) is 17.6 Å². The first-order chi connectivity index (χ1) is 15.1. The van der Waals surface area contributed by atoms with Crippen LogP contribution in [0.2, 0.25) is 0 Å². The molecule has 7 nitrogen and oxygen atoms in total. The number of fused-ring (bicyclic) bond motifs is 1. The monoisotopic (exact) mass is 450 g/mol. The van der Waals surface area contributed by atoms with Gasteiger partial charge in [-0.3, -0.25) is 9.59 Å². The maximum atomic E-state index is 13.6. The van der Waals surface area contributed by atoms with Gasteiger partial charge in [0.15, 0.2) is 5.78 Å². The van der Waals surface area contributed by atoms with Crippen LogP contribution in [0, 0.1) is 0 Å². The SMILES string of the molecule is CCOC(=O)c1ccc(Oc2c(C(F)(F)F)oc3cc(OCC(C)=O)ccc3c2=O)cc1. The number of alkyl halides is 3. The summed E-state index contributed by atoms with van der Waals surface area (Å²) in [6.45, 7) is 2.79. The highest BCUT2D eigenvalue weighted by Crippen LogP contribution is 2.38. The number of esters is 1. The normalized spacial score (nSPS) is 11.3. The van der Waals surface area contributed by atoms with Crippen molar-refractivity contribution >= 4 is 22.7 Å². The van der Waals surface area contributed by atoms with E-state index >= 15 is 0 Å². The number of halogens is 3. The fourth-order valence-corrected chi connectivity index (χ4v) is 2.70. The van der Waals surface area contributed by atoms with Gasteiger partial charge in [-0.25, -0.2) is 4.79 Å². The van der Waals surface area contributed by atoms with Crippen molar-refractivity contribution in [3.8, 4) is 17.2 Å². The van der Waals surface area contributed by atoms with E-state index in [4.69, 9.17) is 18.6 Å². The van der Waals surface area contributed by atoms with E-state index in [2.05, 4.69) is 0 Å². The summed E-state index contributed by atoms with van der Waals surface area (Å²) < 4.78 is 61.0.